The Morgan fingerprint density at radius 1 is 1.38 bits per heavy atom. The molecule has 13 heavy (non-hydrogen) atoms. The van der Waals surface area contributed by atoms with E-state index in [2.05, 4.69) is 21.5 Å². The van der Waals surface area contributed by atoms with Gasteiger partial charge < -0.3 is 0 Å². The molecule has 1 heterocycles. The average Bonchev–Trinajstić information content (AvgIpc) is 2.09. The number of hydrogen-bond acceptors (Lipinski definition) is 3. The van der Waals surface area contributed by atoms with Gasteiger partial charge >= 0.3 is 0 Å². The number of aliphatic imine (C=N–C) groups is 1. The Kier molecular flexibility index (Phi) is 3.39. The standard InChI is InChI=1S/C8H7Cl2N3/c1-3-4-11-7-5(2)6(9)12-8(10)13-7/h3-4H,1H2,2H3. The summed E-state index contributed by atoms with van der Waals surface area (Å²) in [6.07, 6.45) is 3.06. The summed E-state index contributed by atoms with van der Waals surface area (Å²) in [5.74, 6) is 0.463. The van der Waals surface area contributed by atoms with Gasteiger partial charge in [0.05, 0.1) is 0 Å². The zero-order chi connectivity index (χ0) is 9.84. The van der Waals surface area contributed by atoms with Crippen LogP contribution in [0.25, 0.3) is 0 Å². The highest BCUT2D eigenvalue weighted by Crippen LogP contribution is 2.23. The van der Waals surface area contributed by atoms with Gasteiger partial charge in [0.1, 0.15) is 5.15 Å². The Balaban J connectivity index is 3.19. The van der Waals surface area contributed by atoms with Crippen molar-refractivity contribution in [2.24, 2.45) is 4.99 Å². The van der Waals surface area contributed by atoms with E-state index in [0.29, 0.717) is 16.5 Å². The van der Waals surface area contributed by atoms with E-state index < -0.39 is 0 Å². The summed E-state index contributed by atoms with van der Waals surface area (Å²) in [4.78, 5) is 11.6. The van der Waals surface area contributed by atoms with Crippen LogP contribution in [0.3, 0.4) is 0 Å². The molecule has 0 N–H and O–H groups in total. The fourth-order valence-corrected chi connectivity index (χ4v) is 1.07. The summed E-state index contributed by atoms with van der Waals surface area (Å²) in [6, 6.07) is 0. The minimum Gasteiger partial charge on any atom is -0.237 e. The number of rotatable bonds is 2. The molecule has 0 aliphatic rings. The van der Waals surface area contributed by atoms with Crippen LogP contribution < -0.4 is 0 Å². The number of hydrogen-bond donors (Lipinski definition) is 0. The lowest BCUT2D eigenvalue weighted by atomic mass is 10.3. The molecule has 0 atom stereocenters. The van der Waals surface area contributed by atoms with Gasteiger partial charge in [-0.15, -0.1) is 0 Å². The van der Waals surface area contributed by atoms with Gasteiger partial charge in [-0.2, -0.15) is 4.98 Å². The molecule has 0 aliphatic heterocycles. The molecule has 0 saturated heterocycles. The number of nitrogens with zero attached hydrogens (tertiary/aromatic N) is 3. The quantitative estimate of drug-likeness (QED) is 0.433. The second-order valence-corrected chi connectivity index (χ2v) is 2.94. The highest BCUT2D eigenvalue weighted by atomic mass is 35.5. The fraction of sp³-hybridized carbons (Fsp3) is 0.125. The normalized spacial score (nSPS) is 10.7. The molecular weight excluding hydrogens is 209 g/mol. The number of aromatic nitrogens is 2. The third-order valence-electron chi connectivity index (χ3n) is 1.34. The minimum absolute atomic E-state index is 0.0896. The maximum absolute atomic E-state index is 5.76. The molecule has 3 nitrogen and oxygen atoms in total. The fourth-order valence-electron chi connectivity index (χ4n) is 0.702. The van der Waals surface area contributed by atoms with Crippen LogP contribution in [-0.4, -0.2) is 16.2 Å². The zero-order valence-corrected chi connectivity index (χ0v) is 8.47. The molecule has 0 unspecified atom stereocenters. The lowest BCUT2D eigenvalue weighted by Crippen LogP contribution is -1.88. The molecular formula is C8H7Cl2N3. The molecule has 1 aromatic rings. The van der Waals surface area contributed by atoms with Crippen molar-refractivity contribution in [1.82, 2.24) is 9.97 Å². The molecule has 0 radical (unpaired) electrons. The molecule has 0 spiro atoms. The van der Waals surface area contributed by atoms with Crippen LogP contribution in [0.1, 0.15) is 5.56 Å². The summed E-state index contributed by atoms with van der Waals surface area (Å²) < 4.78 is 0. The van der Waals surface area contributed by atoms with E-state index in [1.165, 1.54) is 6.21 Å². The summed E-state index contributed by atoms with van der Waals surface area (Å²) in [6.45, 7) is 5.26. The lowest BCUT2D eigenvalue weighted by Gasteiger charge is -2.00. The van der Waals surface area contributed by atoms with Crippen molar-refractivity contribution in [2.75, 3.05) is 0 Å². The zero-order valence-electron chi connectivity index (χ0n) is 6.96. The van der Waals surface area contributed by atoms with E-state index in [9.17, 15) is 0 Å². The maximum Gasteiger partial charge on any atom is 0.225 e. The number of allylic oxidation sites excluding steroid dienone is 1. The monoisotopic (exact) mass is 215 g/mol. The van der Waals surface area contributed by atoms with Crippen LogP contribution in [0.4, 0.5) is 5.82 Å². The molecule has 0 saturated carbocycles. The maximum atomic E-state index is 5.76. The Morgan fingerprint density at radius 3 is 2.69 bits per heavy atom. The van der Waals surface area contributed by atoms with Crippen LogP contribution in [0, 0.1) is 6.92 Å². The van der Waals surface area contributed by atoms with Gasteiger partial charge in [0.15, 0.2) is 5.82 Å². The van der Waals surface area contributed by atoms with Gasteiger partial charge in [0.2, 0.25) is 5.28 Å². The van der Waals surface area contributed by atoms with Crippen molar-refractivity contribution >= 4 is 35.2 Å². The Labute approximate surface area is 86.1 Å². The minimum atomic E-state index is 0.0896. The molecule has 0 aliphatic carbocycles. The molecule has 0 amide bonds. The predicted molar refractivity (Wildman–Crippen MR) is 55.1 cm³/mol. The van der Waals surface area contributed by atoms with Crippen LogP contribution in [0.2, 0.25) is 10.4 Å². The third kappa shape index (κ3) is 2.50. The van der Waals surface area contributed by atoms with Crippen molar-refractivity contribution in [1.29, 1.82) is 0 Å². The molecule has 1 aromatic heterocycles. The first-order valence-electron chi connectivity index (χ1n) is 3.50. The highest BCUT2D eigenvalue weighted by molar-refractivity contribution is 6.32. The second kappa shape index (κ2) is 4.35. The SMILES string of the molecule is C=CC=Nc1nc(Cl)nc(Cl)c1C. The second-order valence-electron chi connectivity index (χ2n) is 2.25. The first-order valence-corrected chi connectivity index (χ1v) is 4.25. The first kappa shape index (κ1) is 10.2. The average molecular weight is 216 g/mol. The summed E-state index contributed by atoms with van der Waals surface area (Å²) in [5.41, 5.74) is 0.698. The summed E-state index contributed by atoms with van der Waals surface area (Å²) in [7, 11) is 0. The van der Waals surface area contributed by atoms with Crippen molar-refractivity contribution in [3.05, 3.63) is 28.7 Å². The van der Waals surface area contributed by atoms with Crippen molar-refractivity contribution in [3.8, 4) is 0 Å². The largest absolute Gasteiger partial charge is 0.237 e. The van der Waals surface area contributed by atoms with Gasteiger partial charge in [-0.05, 0) is 18.5 Å². The molecule has 0 bridgehead atoms. The van der Waals surface area contributed by atoms with E-state index in [1.54, 1.807) is 13.0 Å². The first-order chi connectivity index (χ1) is 6.15. The molecule has 0 aromatic carbocycles. The van der Waals surface area contributed by atoms with Crippen LogP contribution in [-0.2, 0) is 0 Å². The van der Waals surface area contributed by atoms with Gasteiger partial charge in [-0.1, -0.05) is 24.3 Å². The molecule has 68 valence electrons. The van der Waals surface area contributed by atoms with Crippen LogP contribution in [0.15, 0.2) is 17.6 Å². The van der Waals surface area contributed by atoms with E-state index in [-0.39, 0.29) is 5.28 Å². The Bertz CT molecular complexity index is 361. The van der Waals surface area contributed by atoms with Crippen molar-refractivity contribution < 1.29 is 0 Å². The van der Waals surface area contributed by atoms with E-state index in [0.717, 1.165) is 0 Å². The topological polar surface area (TPSA) is 38.1 Å². The van der Waals surface area contributed by atoms with Gasteiger partial charge in [-0.3, -0.25) is 0 Å². The van der Waals surface area contributed by atoms with E-state index in [1.807, 2.05) is 0 Å². The van der Waals surface area contributed by atoms with Gasteiger partial charge in [-0.25, -0.2) is 9.98 Å². The molecule has 0 fully saturated rings. The number of halogens is 2. The van der Waals surface area contributed by atoms with Gasteiger partial charge in [0.25, 0.3) is 0 Å². The Hall–Kier alpha value is -0.930. The van der Waals surface area contributed by atoms with Crippen molar-refractivity contribution in [2.45, 2.75) is 6.92 Å². The van der Waals surface area contributed by atoms with E-state index in [4.69, 9.17) is 23.2 Å². The molecule has 5 heteroatoms. The van der Waals surface area contributed by atoms with Crippen LogP contribution >= 0.6 is 23.2 Å². The Morgan fingerprint density at radius 2 is 2.08 bits per heavy atom. The van der Waals surface area contributed by atoms with Crippen molar-refractivity contribution in [3.63, 3.8) is 0 Å². The molecule has 1 rings (SSSR count). The lowest BCUT2D eigenvalue weighted by molar-refractivity contribution is 1.12. The predicted octanol–water partition coefficient (Wildman–Crippen LogP) is 2.98. The highest BCUT2D eigenvalue weighted by Gasteiger charge is 2.05. The van der Waals surface area contributed by atoms with Crippen LogP contribution in [0.5, 0.6) is 0 Å². The smallest absolute Gasteiger partial charge is 0.225 e. The van der Waals surface area contributed by atoms with E-state index >= 15 is 0 Å². The van der Waals surface area contributed by atoms with Gasteiger partial charge in [0, 0.05) is 11.8 Å². The third-order valence-corrected chi connectivity index (χ3v) is 1.87. The summed E-state index contributed by atoms with van der Waals surface area (Å²) in [5, 5.41) is 0.406. The summed E-state index contributed by atoms with van der Waals surface area (Å²) >= 11 is 11.4.